The van der Waals surface area contributed by atoms with Gasteiger partial charge in [0.25, 0.3) is 0 Å². The van der Waals surface area contributed by atoms with Crippen molar-refractivity contribution in [2.24, 2.45) is 11.8 Å². The van der Waals surface area contributed by atoms with E-state index in [2.05, 4.69) is 10.6 Å². The van der Waals surface area contributed by atoms with E-state index in [0.717, 1.165) is 16.7 Å². The number of anilines is 1. The van der Waals surface area contributed by atoms with Gasteiger partial charge < -0.3 is 25.4 Å². The maximum Gasteiger partial charge on any atom is 0.250 e. The fraction of sp³-hybridized carbons (Fsp3) is 0.400. The van der Waals surface area contributed by atoms with E-state index in [0.29, 0.717) is 37.1 Å². The second-order valence-electron chi connectivity index (χ2n) is 12.1. The smallest absolute Gasteiger partial charge is 0.250 e. The minimum atomic E-state index is -1.20. The van der Waals surface area contributed by atoms with Gasteiger partial charge in [-0.05, 0) is 55.4 Å². The lowest BCUT2D eigenvalue weighted by atomic mass is 9.65. The van der Waals surface area contributed by atoms with Crippen LogP contribution in [-0.2, 0) is 25.7 Å². The molecule has 2 bridgehead atoms. The third kappa shape index (κ3) is 4.64. The number of benzene rings is 3. The van der Waals surface area contributed by atoms with E-state index in [9.17, 15) is 19.5 Å². The van der Waals surface area contributed by atoms with Crippen LogP contribution in [-0.4, -0.2) is 51.6 Å². The highest BCUT2D eigenvalue weighted by molar-refractivity contribution is 6.04. The number of hydrogen-bond acceptors (Lipinski definition) is 5. The van der Waals surface area contributed by atoms with Crippen molar-refractivity contribution in [2.75, 3.05) is 11.9 Å². The fourth-order valence-corrected chi connectivity index (χ4v) is 7.82. The molecule has 1 spiro atoms. The standard InChI is InChI=1S/C35H39N3O5/c1-4-34-18-19-35(43-34)28(27(34)31(40)36-20-24-14-7-5-8-15-24)33(42)38(26(21-39)25-16-9-6-10-17-25)30(35)32(41)37-29-22(2)12-11-13-23(29)3/h5-17,26-28,30,39H,4,18-21H2,1-3H3,(H,36,40)(H,37,41)/t26-,27-,28+,30?,34+,35?/m1/s1. The first kappa shape index (κ1) is 29.1. The predicted octanol–water partition coefficient (Wildman–Crippen LogP) is 4.45. The zero-order valence-corrected chi connectivity index (χ0v) is 24.9. The number of amides is 3. The molecule has 43 heavy (non-hydrogen) atoms. The highest BCUT2D eigenvalue weighted by atomic mass is 16.5. The summed E-state index contributed by atoms with van der Waals surface area (Å²) < 4.78 is 6.90. The SMILES string of the molecule is CC[C@@]12CCC3(O1)C(C(=O)Nc1c(C)cccc1C)N([C@H](CO)c1ccccc1)C(=O)[C@@H]3[C@@H]2C(=O)NCc1ccccc1. The molecule has 2 unspecified atom stereocenters. The van der Waals surface area contributed by atoms with Crippen LogP contribution in [0.25, 0.3) is 0 Å². The number of carbonyl (C=O) groups is 3. The maximum absolute atomic E-state index is 14.7. The molecule has 6 atom stereocenters. The summed E-state index contributed by atoms with van der Waals surface area (Å²) in [4.78, 5) is 44.7. The predicted molar refractivity (Wildman–Crippen MR) is 163 cm³/mol. The molecule has 8 heteroatoms. The molecule has 0 aromatic heterocycles. The summed E-state index contributed by atoms with van der Waals surface area (Å²) in [6.45, 7) is 5.78. The van der Waals surface area contributed by atoms with Gasteiger partial charge in [-0.15, -0.1) is 0 Å². The Hall–Kier alpha value is -4.01. The Balaban J connectivity index is 1.42. The Labute approximate surface area is 252 Å². The molecule has 3 fully saturated rings. The summed E-state index contributed by atoms with van der Waals surface area (Å²) >= 11 is 0. The highest BCUT2D eigenvalue weighted by Crippen LogP contribution is 2.65. The first-order valence-electron chi connectivity index (χ1n) is 15.1. The largest absolute Gasteiger partial charge is 0.394 e. The highest BCUT2D eigenvalue weighted by Gasteiger charge is 2.79. The Morgan fingerprint density at radius 2 is 1.60 bits per heavy atom. The Morgan fingerprint density at radius 1 is 0.953 bits per heavy atom. The van der Waals surface area contributed by atoms with Crippen LogP contribution in [0.5, 0.6) is 0 Å². The normalized spacial score (nSPS) is 28.0. The molecule has 0 saturated carbocycles. The molecule has 0 radical (unpaired) electrons. The first-order valence-corrected chi connectivity index (χ1v) is 15.1. The van der Waals surface area contributed by atoms with E-state index in [4.69, 9.17) is 4.74 Å². The van der Waals surface area contributed by atoms with Crippen LogP contribution in [0, 0.1) is 25.7 Å². The number of rotatable bonds is 9. The van der Waals surface area contributed by atoms with Crippen LogP contribution in [0.2, 0.25) is 0 Å². The molecule has 3 aromatic rings. The number of nitrogens with zero attached hydrogens (tertiary/aromatic N) is 1. The zero-order chi connectivity index (χ0) is 30.4. The summed E-state index contributed by atoms with van der Waals surface area (Å²) in [6.07, 6.45) is 1.57. The monoisotopic (exact) mass is 581 g/mol. The zero-order valence-electron chi connectivity index (χ0n) is 24.9. The molecule has 8 nitrogen and oxygen atoms in total. The van der Waals surface area contributed by atoms with Crippen LogP contribution in [0.1, 0.15) is 54.5 Å². The van der Waals surface area contributed by atoms with Gasteiger partial charge in [-0.1, -0.05) is 85.8 Å². The molecule has 3 heterocycles. The third-order valence-corrected chi connectivity index (χ3v) is 9.88. The lowest BCUT2D eigenvalue weighted by Crippen LogP contribution is -2.54. The summed E-state index contributed by atoms with van der Waals surface area (Å²) in [5.74, 6) is -2.58. The fourth-order valence-electron chi connectivity index (χ4n) is 7.82. The Bertz CT molecular complexity index is 1510. The van der Waals surface area contributed by atoms with E-state index in [1.165, 1.54) is 4.90 Å². The number of aliphatic hydroxyl groups is 1. The van der Waals surface area contributed by atoms with Gasteiger partial charge in [-0.2, -0.15) is 0 Å². The van der Waals surface area contributed by atoms with Crippen molar-refractivity contribution in [3.63, 3.8) is 0 Å². The summed E-state index contributed by atoms with van der Waals surface area (Å²) in [5.41, 5.74) is 2.10. The van der Waals surface area contributed by atoms with Crippen molar-refractivity contribution in [3.8, 4) is 0 Å². The van der Waals surface area contributed by atoms with Crippen LogP contribution >= 0.6 is 0 Å². The van der Waals surface area contributed by atoms with Gasteiger partial charge in [0.2, 0.25) is 17.7 Å². The molecule has 6 rings (SSSR count). The van der Waals surface area contributed by atoms with Crippen molar-refractivity contribution in [1.29, 1.82) is 0 Å². The minimum absolute atomic E-state index is 0.248. The number of para-hydroxylation sites is 1. The first-order chi connectivity index (χ1) is 20.8. The molecule has 0 aliphatic carbocycles. The third-order valence-electron chi connectivity index (χ3n) is 9.88. The average Bonchev–Trinajstić information content (AvgIpc) is 3.63. The molecule has 3 aliphatic rings. The molecule has 3 aromatic carbocycles. The lowest BCUT2D eigenvalue weighted by Gasteiger charge is -2.37. The van der Waals surface area contributed by atoms with Crippen molar-refractivity contribution in [1.82, 2.24) is 10.2 Å². The molecular formula is C35H39N3O5. The van der Waals surface area contributed by atoms with Crippen molar-refractivity contribution >= 4 is 23.4 Å². The van der Waals surface area contributed by atoms with Crippen LogP contribution in [0.15, 0.2) is 78.9 Å². The number of aryl methyl sites for hydroxylation is 2. The number of nitrogens with one attached hydrogen (secondary N) is 2. The summed E-state index contributed by atoms with van der Waals surface area (Å²) in [7, 11) is 0. The molecule has 3 amide bonds. The van der Waals surface area contributed by atoms with E-state index >= 15 is 0 Å². The molecule has 3 saturated heterocycles. The van der Waals surface area contributed by atoms with Gasteiger partial charge in [0.05, 0.1) is 30.1 Å². The minimum Gasteiger partial charge on any atom is -0.394 e. The topological polar surface area (TPSA) is 108 Å². The summed E-state index contributed by atoms with van der Waals surface area (Å²) in [5, 5.41) is 16.9. The van der Waals surface area contributed by atoms with E-state index in [1.807, 2.05) is 99.6 Å². The lowest BCUT2D eigenvalue weighted by molar-refractivity contribution is -0.149. The Morgan fingerprint density at radius 3 is 2.23 bits per heavy atom. The molecule has 3 aliphatic heterocycles. The number of aliphatic hydroxyl groups excluding tert-OH is 1. The van der Waals surface area contributed by atoms with E-state index < -0.39 is 35.1 Å². The van der Waals surface area contributed by atoms with Gasteiger partial charge in [0.1, 0.15) is 11.6 Å². The Kier molecular flexibility index (Phi) is 7.60. The second-order valence-corrected chi connectivity index (χ2v) is 12.1. The van der Waals surface area contributed by atoms with Crippen LogP contribution in [0.3, 0.4) is 0 Å². The number of ether oxygens (including phenoxy) is 1. The van der Waals surface area contributed by atoms with E-state index in [-0.39, 0.29) is 24.3 Å². The molecular weight excluding hydrogens is 542 g/mol. The second kappa shape index (κ2) is 11.2. The number of fused-ring (bicyclic) bond motifs is 1. The van der Waals surface area contributed by atoms with Crippen LogP contribution in [0.4, 0.5) is 5.69 Å². The van der Waals surface area contributed by atoms with Crippen molar-refractivity contribution in [3.05, 3.63) is 101 Å². The van der Waals surface area contributed by atoms with Gasteiger partial charge in [-0.25, -0.2) is 0 Å². The van der Waals surface area contributed by atoms with Gasteiger partial charge in [0.15, 0.2) is 0 Å². The van der Waals surface area contributed by atoms with Gasteiger partial charge in [0, 0.05) is 12.2 Å². The molecule has 224 valence electrons. The molecule has 3 N–H and O–H groups in total. The van der Waals surface area contributed by atoms with Gasteiger partial charge in [-0.3, -0.25) is 14.4 Å². The maximum atomic E-state index is 14.7. The average molecular weight is 582 g/mol. The number of hydrogen-bond donors (Lipinski definition) is 3. The number of likely N-dealkylation sites (tertiary alicyclic amines) is 1. The van der Waals surface area contributed by atoms with Gasteiger partial charge >= 0.3 is 0 Å². The van der Waals surface area contributed by atoms with Crippen molar-refractivity contribution in [2.45, 2.75) is 69.9 Å². The van der Waals surface area contributed by atoms with Crippen LogP contribution < -0.4 is 10.6 Å². The van der Waals surface area contributed by atoms with Crippen molar-refractivity contribution < 1.29 is 24.2 Å². The summed E-state index contributed by atoms with van der Waals surface area (Å²) in [6, 6.07) is 22.9. The quantitative estimate of drug-likeness (QED) is 0.346. The number of carbonyl (C=O) groups excluding carboxylic acids is 3. The van der Waals surface area contributed by atoms with E-state index in [1.54, 1.807) is 0 Å².